The van der Waals surface area contributed by atoms with Gasteiger partial charge in [0.1, 0.15) is 5.76 Å². The maximum Gasteiger partial charge on any atom is 0.138 e. The van der Waals surface area contributed by atoms with Crippen LogP contribution < -0.4 is 5.32 Å². The second kappa shape index (κ2) is 6.01. The van der Waals surface area contributed by atoms with Crippen LogP contribution in [0.4, 0.5) is 0 Å². The van der Waals surface area contributed by atoms with Crippen LogP contribution in [0, 0.1) is 30.6 Å². The maximum absolute atomic E-state index is 8.64. The van der Waals surface area contributed by atoms with Crippen LogP contribution in [0.5, 0.6) is 0 Å². The van der Waals surface area contributed by atoms with Crippen LogP contribution in [0.25, 0.3) is 0 Å². The van der Waals surface area contributed by atoms with Crippen molar-refractivity contribution in [2.24, 2.45) is 5.41 Å². The first kappa shape index (κ1) is 14.7. The van der Waals surface area contributed by atoms with E-state index in [1.807, 2.05) is 13.8 Å². The van der Waals surface area contributed by atoms with E-state index in [1.54, 1.807) is 0 Å². The minimum absolute atomic E-state index is 0.128. The Balaban J connectivity index is 2.56. The number of aryl methyl sites for hydroxylation is 2. The number of rotatable bonds is 6. The van der Waals surface area contributed by atoms with Crippen molar-refractivity contribution >= 4 is 0 Å². The van der Waals surface area contributed by atoms with Gasteiger partial charge in [0.2, 0.25) is 0 Å². The lowest BCUT2D eigenvalue weighted by atomic mass is 9.87. The summed E-state index contributed by atoms with van der Waals surface area (Å²) in [7, 11) is 0. The Morgan fingerprint density at radius 1 is 1.44 bits per heavy atom. The van der Waals surface area contributed by atoms with E-state index in [0.29, 0.717) is 6.42 Å². The minimum Gasteiger partial charge on any atom is -0.361 e. The molecule has 100 valence electrons. The SMILES string of the molecule is Cc1noc(C)c1C(C)NCC(C)(C)CCC#N. The van der Waals surface area contributed by atoms with Gasteiger partial charge in [-0.15, -0.1) is 0 Å². The van der Waals surface area contributed by atoms with Crippen LogP contribution in [-0.4, -0.2) is 11.7 Å². The van der Waals surface area contributed by atoms with Crippen molar-refractivity contribution in [2.45, 2.75) is 53.5 Å². The molecule has 1 aromatic heterocycles. The van der Waals surface area contributed by atoms with E-state index in [9.17, 15) is 0 Å². The number of hydrogen-bond acceptors (Lipinski definition) is 4. The largest absolute Gasteiger partial charge is 0.361 e. The molecule has 0 amide bonds. The van der Waals surface area contributed by atoms with Crippen LogP contribution in [0.1, 0.15) is 56.7 Å². The quantitative estimate of drug-likeness (QED) is 0.840. The van der Waals surface area contributed by atoms with E-state index in [1.165, 1.54) is 0 Å². The van der Waals surface area contributed by atoms with E-state index >= 15 is 0 Å². The van der Waals surface area contributed by atoms with Crippen molar-refractivity contribution in [1.82, 2.24) is 10.5 Å². The molecule has 0 aliphatic carbocycles. The van der Waals surface area contributed by atoms with Crippen LogP contribution in [0.3, 0.4) is 0 Å². The highest BCUT2D eigenvalue weighted by molar-refractivity contribution is 5.24. The lowest BCUT2D eigenvalue weighted by Gasteiger charge is -2.26. The fourth-order valence-electron chi connectivity index (χ4n) is 2.12. The first-order chi connectivity index (χ1) is 8.37. The summed E-state index contributed by atoms with van der Waals surface area (Å²) in [4.78, 5) is 0. The summed E-state index contributed by atoms with van der Waals surface area (Å²) in [6, 6.07) is 2.42. The zero-order chi connectivity index (χ0) is 13.8. The molecular weight excluding hydrogens is 226 g/mol. The van der Waals surface area contributed by atoms with Gasteiger partial charge in [-0.25, -0.2) is 0 Å². The predicted octanol–water partition coefficient (Wildman–Crippen LogP) is 3.27. The highest BCUT2D eigenvalue weighted by Gasteiger charge is 2.21. The number of nitrogens with zero attached hydrogens (tertiary/aromatic N) is 2. The lowest BCUT2D eigenvalue weighted by molar-refractivity contribution is 0.303. The summed E-state index contributed by atoms with van der Waals surface area (Å²) in [5.74, 6) is 0.877. The number of hydrogen-bond donors (Lipinski definition) is 1. The molecule has 1 aromatic rings. The zero-order valence-corrected chi connectivity index (χ0v) is 12.0. The summed E-state index contributed by atoms with van der Waals surface area (Å²) < 4.78 is 5.18. The smallest absolute Gasteiger partial charge is 0.138 e. The van der Waals surface area contributed by atoms with Crippen molar-refractivity contribution in [2.75, 3.05) is 6.54 Å². The molecule has 0 saturated heterocycles. The zero-order valence-electron chi connectivity index (χ0n) is 12.0. The third-order valence-electron chi connectivity index (χ3n) is 3.32. The second-order valence-electron chi connectivity index (χ2n) is 5.66. The van der Waals surface area contributed by atoms with Gasteiger partial charge in [-0.1, -0.05) is 19.0 Å². The van der Waals surface area contributed by atoms with Gasteiger partial charge in [-0.2, -0.15) is 5.26 Å². The van der Waals surface area contributed by atoms with Gasteiger partial charge in [-0.3, -0.25) is 0 Å². The highest BCUT2D eigenvalue weighted by atomic mass is 16.5. The predicted molar refractivity (Wildman–Crippen MR) is 71.0 cm³/mol. The fraction of sp³-hybridized carbons (Fsp3) is 0.714. The van der Waals surface area contributed by atoms with E-state index < -0.39 is 0 Å². The van der Waals surface area contributed by atoms with E-state index in [2.05, 4.69) is 37.3 Å². The molecule has 1 atom stereocenters. The molecule has 4 heteroatoms. The lowest BCUT2D eigenvalue weighted by Crippen LogP contribution is -2.31. The average Bonchev–Trinajstić information content (AvgIpc) is 2.64. The Labute approximate surface area is 109 Å². The van der Waals surface area contributed by atoms with Gasteiger partial charge in [0.15, 0.2) is 0 Å². The van der Waals surface area contributed by atoms with Crippen molar-refractivity contribution in [3.8, 4) is 6.07 Å². The first-order valence-electron chi connectivity index (χ1n) is 6.40. The molecule has 0 aliphatic rings. The number of nitrogens with one attached hydrogen (secondary N) is 1. The summed E-state index contributed by atoms with van der Waals surface area (Å²) in [6.07, 6.45) is 1.51. The van der Waals surface area contributed by atoms with E-state index in [-0.39, 0.29) is 11.5 Å². The first-order valence-corrected chi connectivity index (χ1v) is 6.40. The number of nitriles is 1. The van der Waals surface area contributed by atoms with Crippen LogP contribution in [0.15, 0.2) is 4.52 Å². The van der Waals surface area contributed by atoms with Gasteiger partial charge < -0.3 is 9.84 Å². The summed E-state index contributed by atoms with van der Waals surface area (Å²) in [6.45, 7) is 11.3. The Morgan fingerprint density at radius 2 is 2.11 bits per heavy atom. The molecule has 1 unspecified atom stereocenters. The number of aromatic nitrogens is 1. The van der Waals surface area contributed by atoms with Gasteiger partial charge in [0.05, 0.1) is 11.8 Å². The summed E-state index contributed by atoms with van der Waals surface area (Å²) >= 11 is 0. The second-order valence-corrected chi connectivity index (χ2v) is 5.66. The molecule has 0 aromatic carbocycles. The third-order valence-corrected chi connectivity index (χ3v) is 3.32. The maximum atomic E-state index is 8.64. The Kier molecular flexibility index (Phi) is 4.92. The molecule has 0 radical (unpaired) electrons. The van der Waals surface area contributed by atoms with Crippen LogP contribution in [-0.2, 0) is 0 Å². The van der Waals surface area contributed by atoms with Crippen LogP contribution >= 0.6 is 0 Å². The van der Waals surface area contributed by atoms with Crippen molar-refractivity contribution in [3.05, 3.63) is 17.0 Å². The third kappa shape index (κ3) is 3.85. The summed E-state index contributed by atoms with van der Waals surface area (Å²) in [5.41, 5.74) is 2.22. The van der Waals surface area contributed by atoms with Gasteiger partial charge in [-0.05, 0) is 32.6 Å². The van der Waals surface area contributed by atoms with Crippen molar-refractivity contribution < 1.29 is 4.52 Å². The van der Waals surface area contributed by atoms with E-state index in [0.717, 1.165) is 30.0 Å². The van der Waals surface area contributed by atoms with Crippen molar-refractivity contribution in [3.63, 3.8) is 0 Å². The minimum atomic E-state index is 0.128. The topological polar surface area (TPSA) is 61.9 Å². The monoisotopic (exact) mass is 249 g/mol. The molecule has 1 heterocycles. The van der Waals surface area contributed by atoms with Gasteiger partial charge >= 0.3 is 0 Å². The molecule has 0 saturated carbocycles. The van der Waals surface area contributed by atoms with Crippen molar-refractivity contribution in [1.29, 1.82) is 5.26 Å². The molecule has 0 bridgehead atoms. The normalized spacial score (nSPS) is 13.3. The fourth-order valence-corrected chi connectivity index (χ4v) is 2.12. The Bertz CT molecular complexity index is 409. The molecular formula is C14H23N3O. The van der Waals surface area contributed by atoms with Gasteiger partial charge in [0, 0.05) is 24.6 Å². The molecule has 1 rings (SSSR count). The molecule has 1 N–H and O–H groups in total. The van der Waals surface area contributed by atoms with Gasteiger partial charge in [0.25, 0.3) is 0 Å². The summed E-state index contributed by atoms with van der Waals surface area (Å²) in [5, 5.41) is 16.1. The molecule has 4 nitrogen and oxygen atoms in total. The highest BCUT2D eigenvalue weighted by Crippen LogP contribution is 2.25. The molecule has 0 spiro atoms. The molecule has 0 fully saturated rings. The molecule has 0 aliphatic heterocycles. The van der Waals surface area contributed by atoms with Crippen LogP contribution in [0.2, 0.25) is 0 Å². The molecule has 18 heavy (non-hydrogen) atoms. The Hall–Kier alpha value is -1.34. The van der Waals surface area contributed by atoms with E-state index in [4.69, 9.17) is 9.78 Å². The Morgan fingerprint density at radius 3 is 2.61 bits per heavy atom. The average molecular weight is 249 g/mol. The standard InChI is InChI=1S/C14H23N3O/c1-10(13-11(2)17-18-12(13)3)16-9-14(4,5)7-6-8-15/h10,16H,6-7,9H2,1-5H3.